The number of rotatable bonds is 6. The Morgan fingerprint density at radius 2 is 1.82 bits per heavy atom. The summed E-state index contributed by atoms with van der Waals surface area (Å²) in [5.74, 6) is 0.536. The Morgan fingerprint density at radius 3 is 2.55 bits per heavy atom. The van der Waals surface area contributed by atoms with Gasteiger partial charge in [0.15, 0.2) is 11.5 Å². The summed E-state index contributed by atoms with van der Waals surface area (Å²) in [6.07, 6.45) is -2.88. The van der Waals surface area contributed by atoms with Crippen LogP contribution in [0.15, 0.2) is 60.7 Å². The molecule has 33 heavy (non-hydrogen) atoms. The van der Waals surface area contributed by atoms with Crippen molar-refractivity contribution < 1.29 is 27.4 Å². The van der Waals surface area contributed by atoms with Crippen LogP contribution in [0.5, 0.6) is 11.5 Å². The second kappa shape index (κ2) is 9.19. The van der Waals surface area contributed by atoms with Crippen molar-refractivity contribution in [3.63, 3.8) is 0 Å². The molecule has 4 nitrogen and oxygen atoms in total. The molecule has 1 heterocycles. The van der Waals surface area contributed by atoms with E-state index in [9.17, 15) is 18.0 Å². The van der Waals surface area contributed by atoms with E-state index in [1.807, 2.05) is 19.1 Å². The van der Waals surface area contributed by atoms with Gasteiger partial charge in [-0.25, -0.2) is 0 Å². The maximum atomic E-state index is 13.0. The molecule has 3 aromatic rings. The molecule has 8 heteroatoms. The van der Waals surface area contributed by atoms with E-state index in [1.165, 1.54) is 6.07 Å². The average Bonchev–Trinajstić information content (AvgIpc) is 3.07. The molecule has 3 aromatic carbocycles. The predicted octanol–water partition coefficient (Wildman–Crippen LogP) is 6.83. The molecule has 0 bridgehead atoms. The Hall–Kier alpha value is -3.45. The van der Waals surface area contributed by atoms with Gasteiger partial charge in [0.05, 0.1) is 12.2 Å². The molecule has 1 aliphatic rings. The van der Waals surface area contributed by atoms with E-state index >= 15 is 0 Å². The van der Waals surface area contributed by atoms with Crippen LogP contribution in [-0.4, -0.2) is 12.5 Å². The summed E-state index contributed by atoms with van der Waals surface area (Å²) in [5, 5.41) is 3.11. The molecule has 0 unspecified atom stereocenters. The highest BCUT2D eigenvalue weighted by molar-refractivity contribution is 6.35. The van der Waals surface area contributed by atoms with Crippen LogP contribution in [0.1, 0.15) is 29.2 Å². The van der Waals surface area contributed by atoms with Gasteiger partial charge in [0.1, 0.15) is 6.61 Å². The Labute approximate surface area is 193 Å². The number of nitrogens with one attached hydrogen (secondary N) is 1. The fraction of sp³-hybridized carbons (Fsp3) is 0.160. The first kappa shape index (κ1) is 22.7. The van der Waals surface area contributed by atoms with Crippen LogP contribution >= 0.6 is 11.6 Å². The normalized spacial score (nSPS) is 14.2. The zero-order valence-electron chi connectivity index (χ0n) is 17.5. The van der Waals surface area contributed by atoms with E-state index in [1.54, 1.807) is 36.4 Å². The molecule has 0 spiro atoms. The molecule has 1 N–H and O–H groups in total. The monoisotopic (exact) mass is 473 g/mol. The highest BCUT2D eigenvalue weighted by atomic mass is 35.5. The van der Waals surface area contributed by atoms with Gasteiger partial charge in [0, 0.05) is 21.8 Å². The minimum Gasteiger partial charge on any atom is -0.490 e. The molecule has 0 radical (unpaired) electrons. The third kappa shape index (κ3) is 5.14. The van der Waals surface area contributed by atoms with Gasteiger partial charge in [-0.2, -0.15) is 13.2 Å². The largest absolute Gasteiger partial charge is 0.490 e. The van der Waals surface area contributed by atoms with Crippen LogP contribution in [0.4, 0.5) is 18.9 Å². The summed E-state index contributed by atoms with van der Waals surface area (Å²) in [5.41, 5.74) is 1.54. The van der Waals surface area contributed by atoms with E-state index < -0.39 is 17.6 Å². The predicted molar refractivity (Wildman–Crippen MR) is 121 cm³/mol. The number of fused-ring (bicyclic) bond motifs is 1. The van der Waals surface area contributed by atoms with Crippen LogP contribution in [0.3, 0.4) is 0 Å². The Bertz CT molecular complexity index is 1240. The quantitative estimate of drug-likeness (QED) is 0.399. The van der Waals surface area contributed by atoms with Crippen molar-refractivity contribution in [1.29, 1.82) is 0 Å². The third-order valence-electron chi connectivity index (χ3n) is 4.99. The number of carbonyl (C=O) groups is 1. The summed E-state index contributed by atoms with van der Waals surface area (Å²) >= 11 is 6.01. The topological polar surface area (TPSA) is 47.6 Å². The number of amides is 1. The van der Waals surface area contributed by atoms with E-state index in [4.69, 9.17) is 21.1 Å². The molecule has 1 aliphatic heterocycles. The number of halogens is 4. The highest BCUT2D eigenvalue weighted by Crippen LogP contribution is 2.39. The van der Waals surface area contributed by atoms with Gasteiger partial charge in [0.25, 0.3) is 5.91 Å². The SMILES string of the molecule is CCOc1cc(/C=C2\C(=O)Nc3cc(C(F)(F)F)ccc32)ccc1OCc1cccc(Cl)c1. The van der Waals surface area contributed by atoms with E-state index in [0.29, 0.717) is 40.9 Å². The van der Waals surface area contributed by atoms with Crippen molar-refractivity contribution in [3.8, 4) is 11.5 Å². The molecule has 0 aromatic heterocycles. The Balaban J connectivity index is 1.61. The zero-order chi connectivity index (χ0) is 23.6. The van der Waals surface area contributed by atoms with E-state index in [-0.39, 0.29) is 11.3 Å². The first-order valence-electron chi connectivity index (χ1n) is 10.1. The molecular weight excluding hydrogens is 455 g/mol. The Kier molecular flexibility index (Phi) is 6.33. The first-order chi connectivity index (χ1) is 15.7. The standard InChI is InChI=1S/C25H19ClF3NO3/c1-2-32-23-12-15(6-9-22(23)33-14-16-4-3-5-18(26)10-16)11-20-19-8-7-17(25(27,28)29)13-21(19)30-24(20)31/h3-13H,2,14H2,1H3,(H,30,31)/b20-11-. The molecule has 0 saturated heterocycles. The van der Waals surface area contributed by atoms with Crippen LogP contribution in [0.2, 0.25) is 5.02 Å². The van der Waals surface area contributed by atoms with Crippen molar-refractivity contribution in [2.24, 2.45) is 0 Å². The van der Waals surface area contributed by atoms with Gasteiger partial charge in [-0.05, 0) is 60.5 Å². The van der Waals surface area contributed by atoms with Gasteiger partial charge in [-0.15, -0.1) is 0 Å². The molecular formula is C25H19ClF3NO3. The second-order valence-corrected chi connectivity index (χ2v) is 7.76. The van der Waals surface area contributed by atoms with Gasteiger partial charge in [-0.1, -0.05) is 35.9 Å². The smallest absolute Gasteiger partial charge is 0.416 e. The van der Waals surface area contributed by atoms with Gasteiger partial charge in [-0.3, -0.25) is 4.79 Å². The first-order valence-corrected chi connectivity index (χ1v) is 10.5. The van der Waals surface area contributed by atoms with Gasteiger partial charge in [0.2, 0.25) is 0 Å². The summed E-state index contributed by atoms with van der Waals surface area (Å²) < 4.78 is 50.5. The van der Waals surface area contributed by atoms with Crippen LogP contribution in [0.25, 0.3) is 11.6 Å². The molecule has 0 aliphatic carbocycles. The lowest BCUT2D eigenvalue weighted by atomic mass is 10.0. The van der Waals surface area contributed by atoms with Crippen molar-refractivity contribution in [3.05, 3.63) is 87.9 Å². The average molecular weight is 474 g/mol. The summed E-state index contributed by atoms with van der Waals surface area (Å²) in [4.78, 5) is 12.4. The van der Waals surface area contributed by atoms with Gasteiger partial charge < -0.3 is 14.8 Å². The summed E-state index contributed by atoms with van der Waals surface area (Å²) in [6.45, 7) is 2.53. The van der Waals surface area contributed by atoms with Crippen molar-refractivity contribution in [2.75, 3.05) is 11.9 Å². The Morgan fingerprint density at radius 1 is 1.00 bits per heavy atom. The number of ether oxygens (including phenoxy) is 2. The van der Waals surface area contributed by atoms with E-state index in [0.717, 1.165) is 17.7 Å². The molecule has 170 valence electrons. The lowest BCUT2D eigenvalue weighted by Gasteiger charge is -2.13. The van der Waals surface area contributed by atoms with Crippen LogP contribution < -0.4 is 14.8 Å². The van der Waals surface area contributed by atoms with Crippen molar-refractivity contribution in [1.82, 2.24) is 0 Å². The molecule has 1 amide bonds. The van der Waals surface area contributed by atoms with Crippen molar-refractivity contribution in [2.45, 2.75) is 19.7 Å². The van der Waals surface area contributed by atoms with Crippen molar-refractivity contribution >= 4 is 34.8 Å². The minimum atomic E-state index is -4.49. The van der Waals surface area contributed by atoms with E-state index in [2.05, 4.69) is 5.32 Å². The van der Waals surface area contributed by atoms with Crippen LogP contribution in [0, 0.1) is 0 Å². The number of hydrogen-bond acceptors (Lipinski definition) is 3. The second-order valence-electron chi connectivity index (χ2n) is 7.33. The number of alkyl halides is 3. The minimum absolute atomic E-state index is 0.132. The summed E-state index contributed by atoms with van der Waals surface area (Å²) in [6, 6.07) is 15.7. The highest BCUT2D eigenvalue weighted by Gasteiger charge is 2.33. The number of benzene rings is 3. The zero-order valence-corrected chi connectivity index (χ0v) is 18.3. The third-order valence-corrected chi connectivity index (χ3v) is 5.23. The molecule has 0 fully saturated rings. The maximum Gasteiger partial charge on any atom is 0.416 e. The molecule has 0 saturated carbocycles. The maximum absolute atomic E-state index is 13.0. The number of anilines is 1. The lowest BCUT2D eigenvalue weighted by Crippen LogP contribution is -2.06. The van der Waals surface area contributed by atoms with Crippen LogP contribution in [-0.2, 0) is 17.6 Å². The fourth-order valence-corrected chi connectivity index (χ4v) is 3.68. The number of carbonyl (C=O) groups excluding carboxylic acids is 1. The molecule has 0 atom stereocenters. The molecule has 4 rings (SSSR count). The van der Waals surface area contributed by atoms with Gasteiger partial charge >= 0.3 is 6.18 Å². The lowest BCUT2D eigenvalue weighted by molar-refractivity contribution is -0.137. The number of hydrogen-bond donors (Lipinski definition) is 1. The summed E-state index contributed by atoms with van der Waals surface area (Å²) in [7, 11) is 0. The fourth-order valence-electron chi connectivity index (χ4n) is 3.47.